The van der Waals surface area contributed by atoms with E-state index in [1.165, 1.54) is 5.57 Å². The van der Waals surface area contributed by atoms with Crippen molar-refractivity contribution in [3.63, 3.8) is 0 Å². The number of benzene rings is 1. The molecule has 3 rings (SSSR count). The van der Waals surface area contributed by atoms with Crippen LogP contribution in [0.15, 0.2) is 35.9 Å². The molecule has 0 aromatic heterocycles. The van der Waals surface area contributed by atoms with E-state index in [2.05, 4.69) is 24.0 Å². The average Bonchev–Trinajstić information content (AvgIpc) is 2.50. The fourth-order valence-electron chi connectivity index (χ4n) is 2.91. The molecule has 114 valence electrons. The molecule has 2 aliphatic rings. The highest BCUT2D eigenvalue weighted by molar-refractivity contribution is 6.30. The Balaban J connectivity index is 1.68. The summed E-state index contributed by atoms with van der Waals surface area (Å²) in [6, 6.07) is 8.42. The maximum Gasteiger partial charge on any atom is 0.0953 e. The minimum absolute atomic E-state index is 0.102. The van der Waals surface area contributed by atoms with Crippen molar-refractivity contribution in [2.75, 3.05) is 32.9 Å². The quantitative estimate of drug-likeness (QED) is 0.798. The Labute approximate surface area is 131 Å². The predicted molar refractivity (Wildman–Crippen MR) is 84.7 cm³/mol. The number of hydrogen-bond acceptors (Lipinski definition) is 3. The molecule has 0 saturated carbocycles. The zero-order valence-corrected chi connectivity index (χ0v) is 13.2. The summed E-state index contributed by atoms with van der Waals surface area (Å²) in [6.45, 7) is 6.48. The van der Waals surface area contributed by atoms with Crippen molar-refractivity contribution in [2.24, 2.45) is 0 Å². The molecule has 21 heavy (non-hydrogen) atoms. The van der Waals surface area contributed by atoms with Crippen molar-refractivity contribution in [1.29, 1.82) is 0 Å². The Morgan fingerprint density at radius 3 is 3.05 bits per heavy atom. The molecule has 1 saturated heterocycles. The van der Waals surface area contributed by atoms with Gasteiger partial charge in [0.1, 0.15) is 0 Å². The van der Waals surface area contributed by atoms with Crippen LogP contribution in [0.5, 0.6) is 0 Å². The van der Waals surface area contributed by atoms with Gasteiger partial charge >= 0.3 is 0 Å². The fraction of sp³-hybridized carbons (Fsp3) is 0.529. The van der Waals surface area contributed by atoms with Crippen LogP contribution in [0.3, 0.4) is 0 Å². The smallest absolute Gasteiger partial charge is 0.0953 e. The zero-order valence-electron chi connectivity index (χ0n) is 12.4. The van der Waals surface area contributed by atoms with Gasteiger partial charge in [0.25, 0.3) is 0 Å². The van der Waals surface area contributed by atoms with Crippen LogP contribution in [0.4, 0.5) is 0 Å². The van der Waals surface area contributed by atoms with Crippen molar-refractivity contribution in [3.8, 4) is 0 Å². The van der Waals surface area contributed by atoms with E-state index in [9.17, 15) is 0 Å². The van der Waals surface area contributed by atoms with Crippen molar-refractivity contribution < 1.29 is 9.47 Å². The van der Waals surface area contributed by atoms with Gasteiger partial charge in [-0.05, 0) is 36.6 Å². The summed E-state index contributed by atoms with van der Waals surface area (Å²) in [5, 5.41) is 0.768. The number of halogens is 1. The third-order valence-electron chi connectivity index (χ3n) is 4.17. The van der Waals surface area contributed by atoms with Gasteiger partial charge < -0.3 is 9.47 Å². The van der Waals surface area contributed by atoms with Gasteiger partial charge in [-0.3, -0.25) is 4.90 Å². The molecule has 1 fully saturated rings. The first-order valence-electron chi connectivity index (χ1n) is 7.59. The number of nitrogens with zero attached hydrogens (tertiary/aromatic N) is 1. The Morgan fingerprint density at radius 2 is 2.29 bits per heavy atom. The van der Waals surface area contributed by atoms with E-state index in [-0.39, 0.29) is 6.10 Å². The van der Waals surface area contributed by atoms with Gasteiger partial charge in [0.15, 0.2) is 0 Å². The molecule has 2 heterocycles. The van der Waals surface area contributed by atoms with Crippen LogP contribution in [-0.2, 0) is 9.47 Å². The molecule has 0 bridgehead atoms. The molecule has 2 atom stereocenters. The van der Waals surface area contributed by atoms with E-state index in [4.69, 9.17) is 21.1 Å². The van der Waals surface area contributed by atoms with Crippen molar-refractivity contribution in [1.82, 2.24) is 4.90 Å². The first-order chi connectivity index (χ1) is 10.2. The average molecular weight is 308 g/mol. The van der Waals surface area contributed by atoms with Crippen LogP contribution in [0, 0.1) is 0 Å². The van der Waals surface area contributed by atoms with E-state index in [1.54, 1.807) is 0 Å². The van der Waals surface area contributed by atoms with Crippen LogP contribution < -0.4 is 0 Å². The molecule has 0 aliphatic carbocycles. The first kappa shape index (κ1) is 15.0. The van der Waals surface area contributed by atoms with Crippen LogP contribution in [0.25, 0.3) is 0 Å². The predicted octanol–water partition coefficient (Wildman–Crippen LogP) is 3.45. The van der Waals surface area contributed by atoms with Gasteiger partial charge in [-0.25, -0.2) is 0 Å². The van der Waals surface area contributed by atoms with E-state index in [0.29, 0.717) is 6.04 Å². The summed E-state index contributed by atoms with van der Waals surface area (Å²) < 4.78 is 11.5. The monoisotopic (exact) mass is 307 g/mol. The van der Waals surface area contributed by atoms with Crippen molar-refractivity contribution >= 4 is 11.6 Å². The van der Waals surface area contributed by atoms with Crippen molar-refractivity contribution in [2.45, 2.75) is 25.5 Å². The zero-order chi connectivity index (χ0) is 14.7. The Kier molecular flexibility index (Phi) is 4.96. The number of rotatable bonds is 3. The summed E-state index contributed by atoms with van der Waals surface area (Å²) in [7, 11) is 0. The molecular weight excluding hydrogens is 286 g/mol. The lowest BCUT2D eigenvalue weighted by Crippen LogP contribution is -2.46. The Hall–Kier alpha value is -0.870. The molecule has 0 unspecified atom stereocenters. The molecule has 1 aromatic rings. The molecule has 4 heteroatoms. The van der Waals surface area contributed by atoms with Gasteiger partial charge in [-0.2, -0.15) is 0 Å². The van der Waals surface area contributed by atoms with E-state index in [1.807, 2.05) is 18.2 Å². The molecule has 0 amide bonds. The van der Waals surface area contributed by atoms with Gasteiger partial charge in [-0.1, -0.05) is 29.8 Å². The minimum Gasteiger partial charge on any atom is -0.377 e. The molecular formula is C17H22ClNO2. The van der Waals surface area contributed by atoms with Crippen LogP contribution in [0.2, 0.25) is 5.02 Å². The second-order valence-corrected chi connectivity index (χ2v) is 6.30. The van der Waals surface area contributed by atoms with E-state index >= 15 is 0 Å². The summed E-state index contributed by atoms with van der Waals surface area (Å²) in [5.41, 5.74) is 2.55. The summed E-state index contributed by atoms with van der Waals surface area (Å²) in [4.78, 5) is 2.48. The topological polar surface area (TPSA) is 21.7 Å². The second kappa shape index (κ2) is 6.93. The van der Waals surface area contributed by atoms with E-state index in [0.717, 1.165) is 49.9 Å². The van der Waals surface area contributed by atoms with Gasteiger partial charge in [0.05, 0.1) is 25.9 Å². The van der Waals surface area contributed by atoms with Crippen LogP contribution >= 0.6 is 11.6 Å². The lowest BCUT2D eigenvalue weighted by molar-refractivity contribution is -0.0577. The molecule has 1 aromatic carbocycles. The fourth-order valence-corrected chi connectivity index (χ4v) is 3.11. The number of morpholine rings is 1. The third-order valence-corrected chi connectivity index (χ3v) is 4.41. The standard InChI is InChI=1S/C17H22ClNO2/c1-13-11-21-17(15-5-2-6-16(18)8-15)10-19(13)9-14-4-3-7-20-12-14/h2,4-6,8,13,17H,3,7,9-12H2,1H3/t13-,17-/m0/s1. The van der Waals surface area contributed by atoms with Gasteiger partial charge in [-0.15, -0.1) is 0 Å². The first-order valence-corrected chi connectivity index (χ1v) is 7.97. The Bertz CT molecular complexity index is 517. The second-order valence-electron chi connectivity index (χ2n) is 5.86. The van der Waals surface area contributed by atoms with Crippen LogP contribution in [0.1, 0.15) is 25.0 Å². The summed E-state index contributed by atoms with van der Waals surface area (Å²) in [6.07, 6.45) is 3.45. The largest absolute Gasteiger partial charge is 0.377 e. The molecule has 0 radical (unpaired) electrons. The van der Waals surface area contributed by atoms with Crippen LogP contribution in [-0.4, -0.2) is 43.9 Å². The third kappa shape index (κ3) is 3.86. The molecule has 0 spiro atoms. The van der Waals surface area contributed by atoms with Crippen molar-refractivity contribution in [3.05, 3.63) is 46.5 Å². The van der Waals surface area contributed by atoms with E-state index < -0.39 is 0 Å². The summed E-state index contributed by atoms with van der Waals surface area (Å²) in [5.74, 6) is 0. The highest BCUT2D eigenvalue weighted by Gasteiger charge is 2.27. The summed E-state index contributed by atoms with van der Waals surface area (Å²) >= 11 is 6.09. The molecule has 0 N–H and O–H groups in total. The highest BCUT2D eigenvalue weighted by atomic mass is 35.5. The minimum atomic E-state index is 0.102. The maximum absolute atomic E-state index is 6.09. The maximum atomic E-state index is 6.09. The number of ether oxygens (including phenoxy) is 2. The Morgan fingerprint density at radius 1 is 1.38 bits per heavy atom. The van der Waals surface area contributed by atoms with Gasteiger partial charge in [0.2, 0.25) is 0 Å². The highest BCUT2D eigenvalue weighted by Crippen LogP contribution is 2.27. The molecule has 3 nitrogen and oxygen atoms in total. The SMILES string of the molecule is C[C@H]1CO[C@H](c2cccc(Cl)c2)CN1CC1=CCCOC1. The normalized spacial score (nSPS) is 27.4. The number of hydrogen-bond donors (Lipinski definition) is 0. The molecule has 2 aliphatic heterocycles. The lowest BCUT2D eigenvalue weighted by atomic mass is 10.0. The van der Waals surface area contributed by atoms with Gasteiger partial charge in [0, 0.05) is 24.2 Å². The lowest BCUT2D eigenvalue weighted by Gasteiger charge is -2.39.